The predicted octanol–water partition coefficient (Wildman–Crippen LogP) is 1.11. The van der Waals surface area contributed by atoms with E-state index in [-0.39, 0.29) is 11.1 Å². The summed E-state index contributed by atoms with van der Waals surface area (Å²) in [6, 6.07) is 1.70. The van der Waals surface area contributed by atoms with Gasteiger partial charge in [0.1, 0.15) is 0 Å². The topological polar surface area (TPSA) is 85.9 Å². The minimum atomic E-state index is -0.0584. The van der Waals surface area contributed by atoms with Gasteiger partial charge in [0.05, 0.1) is 23.4 Å². The Bertz CT molecular complexity index is 1100. The average molecular weight is 366 g/mol. The molecule has 1 aliphatic heterocycles. The summed E-state index contributed by atoms with van der Waals surface area (Å²) < 4.78 is 3.31. The van der Waals surface area contributed by atoms with E-state index in [1.807, 2.05) is 0 Å². The lowest BCUT2D eigenvalue weighted by molar-refractivity contribution is 0.347. The standard InChI is InChI=1S/C19H22N6O2/c1-13-9-21-12-25(17(13)26)11-14-4-7-24(8-5-14)19-22-16-10-20-6-3-15(16)18(27)23(19)2/h3,6,9-10,12,14H,4-5,7-8,11H2,1-2H3. The van der Waals surface area contributed by atoms with Crippen LogP contribution >= 0.6 is 0 Å². The van der Waals surface area contributed by atoms with Crippen LogP contribution in [0.5, 0.6) is 0 Å². The molecule has 0 atom stereocenters. The quantitative estimate of drug-likeness (QED) is 0.690. The second-order valence-corrected chi connectivity index (χ2v) is 7.13. The van der Waals surface area contributed by atoms with Crippen LogP contribution in [-0.2, 0) is 13.6 Å². The SMILES string of the molecule is Cc1cncn(CC2CCN(c3nc4cnccc4c(=O)n3C)CC2)c1=O. The second-order valence-electron chi connectivity index (χ2n) is 7.13. The highest BCUT2D eigenvalue weighted by atomic mass is 16.1. The van der Waals surface area contributed by atoms with Crippen molar-refractivity contribution in [1.82, 2.24) is 24.1 Å². The van der Waals surface area contributed by atoms with Crippen LogP contribution in [0.15, 0.2) is 40.6 Å². The van der Waals surface area contributed by atoms with Crippen LogP contribution in [0.4, 0.5) is 5.95 Å². The number of hydrogen-bond acceptors (Lipinski definition) is 6. The van der Waals surface area contributed by atoms with Gasteiger partial charge in [-0.15, -0.1) is 0 Å². The summed E-state index contributed by atoms with van der Waals surface area (Å²) in [7, 11) is 1.76. The number of pyridine rings is 1. The van der Waals surface area contributed by atoms with E-state index in [1.54, 1.807) is 54.1 Å². The highest BCUT2D eigenvalue weighted by molar-refractivity contribution is 5.77. The van der Waals surface area contributed by atoms with E-state index in [2.05, 4.69) is 19.9 Å². The lowest BCUT2D eigenvalue weighted by Crippen LogP contribution is -2.39. The van der Waals surface area contributed by atoms with Gasteiger partial charge < -0.3 is 4.90 Å². The summed E-state index contributed by atoms with van der Waals surface area (Å²) in [6.45, 7) is 4.06. The molecule has 8 nitrogen and oxygen atoms in total. The van der Waals surface area contributed by atoms with Gasteiger partial charge in [0, 0.05) is 44.6 Å². The van der Waals surface area contributed by atoms with Crippen LogP contribution in [0.2, 0.25) is 0 Å². The number of fused-ring (bicyclic) bond motifs is 1. The number of piperidine rings is 1. The minimum absolute atomic E-state index is 0.0264. The number of aryl methyl sites for hydroxylation is 1. The van der Waals surface area contributed by atoms with Crippen LogP contribution in [-0.4, -0.2) is 37.2 Å². The molecule has 0 aromatic carbocycles. The van der Waals surface area contributed by atoms with E-state index >= 15 is 0 Å². The Kier molecular flexibility index (Phi) is 4.47. The molecule has 0 N–H and O–H groups in total. The number of rotatable bonds is 3. The fourth-order valence-electron chi connectivity index (χ4n) is 3.68. The average Bonchev–Trinajstić information content (AvgIpc) is 2.69. The molecule has 27 heavy (non-hydrogen) atoms. The molecule has 0 amide bonds. The van der Waals surface area contributed by atoms with Crippen LogP contribution in [0.1, 0.15) is 18.4 Å². The lowest BCUT2D eigenvalue weighted by Gasteiger charge is -2.33. The molecule has 0 spiro atoms. The molecule has 1 fully saturated rings. The molecule has 0 saturated carbocycles. The van der Waals surface area contributed by atoms with Crippen LogP contribution < -0.4 is 16.0 Å². The third-order valence-corrected chi connectivity index (χ3v) is 5.28. The Morgan fingerprint density at radius 2 is 1.89 bits per heavy atom. The van der Waals surface area contributed by atoms with Gasteiger partial charge in [-0.05, 0) is 31.7 Å². The Morgan fingerprint density at radius 3 is 2.67 bits per heavy atom. The molecular formula is C19H22N6O2. The van der Waals surface area contributed by atoms with E-state index in [4.69, 9.17) is 0 Å². The van der Waals surface area contributed by atoms with E-state index in [0.717, 1.165) is 25.9 Å². The summed E-state index contributed by atoms with van der Waals surface area (Å²) in [4.78, 5) is 39.8. The van der Waals surface area contributed by atoms with Gasteiger partial charge in [0.25, 0.3) is 11.1 Å². The molecule has 0 bridgehead atoms. The molecule has 4 heterocycles. The maximum Gasteiger partial charge on any atom is 0.262 e. The van der Waals surface area contributed by atoms with E-state index in [0.29, 0.717) is 34.9 Å². The van der Waals surface area contributed by atoms with Crippen molar-refractivity contribution in [2.24, 2.45) is 13.0 Å². The van der Waals surface area contributed by atoms with Crippen molar-refractivity contribution >= 4 is 16.9 Å². The highest BCUT2D eigenvalue weighted by Crippen LogP contribution is 2.23. The maximum atomic E-state index is 12.6. The maximum absolute atomic E-state index is 12.6. The van der Waals surface area contributed by atoms with Crippen molar-refractivity contribution in [3.05, 3.63) is 57.3 Å². The zero-order chi connectivity index (χ0) is 19.0. The largest absolute Gasteiger partial charge is 0.342 e. The van der Waals surface area contributed by atoms with Crippen LogP contribution in [0.3, 0.4) is 0 Å². The number of aromatic nitrogens is 5. The second kappa shape index (κ2) is 6.94. The first-order valence-corrected chi connectivity index (χ1v) is 9.11. The van der Waals surface area contributed by atoms with Crippen LogP contribution in [0, 0.1) is 12.8 Å². The van der Waals surface area contributed by atoms with Gasteiger partial charge in [-0.2, -0.15) is 0 Å². The molecule has 0 aliphatic carbocycles. The smallest absolute Gasteiger partial charge is 0.262 e. The monoisotopic (exact) mass is 366 g/mol. The Morgan fingerprint density at radius 1 is 1.11 bits per heavy atom. The van der Waals surface area contributed by atoms with E-state index < -0.39 is 0 Å². The fourth-order valence-corrected chi connectivity index (χ4v) is 3.68. The third kappa shape index (κ3) is 3.22. The van der Waals surface area contributed by atoms with E-state index in [9.17, 15) is 9.59 Å². The summed E-state index contributed by atoms with van der Waals surface area (Å²) in [5, 5.41) is 0.581. The highest BCUT2D eigenvalue weighted by Gasteiger charge is 2.23. The van der Waals surface area contributed by atoms with Crippen molar-refractivity contribution in [3.63, 3.8) is 0 Å². The fraction of sp³-hybridized carbons (Fsp3) is 0.421. The molecule has 8 heteroatoms. The van der Waals surface area contributed by atoms with Gasteiger partial charge in [-0.25, -0.2) is 9.97 Å². The van der Waals surface area contributed by atoms with Crippen LogP contribution in [0.25, 0.3) is 10.9 Å². The Labute approximate surface area is 156 Å². The summed E-state index contributed by atoms with van der Waals surface area (Å²) in [5.41, 5.74) is 1.25. The van der Waals surface area contributed by atoms with Crippen molar-refractivity contribution in [1.29, 1.82) is 0 Å². The molecule has 4 rings (SSSR count). The number of nitrogens with zero attached hydrogens (tertiary/aromatic N) is 6. The molecule has 140 valence electrons. The molecule has 1 saturated heterocycles. The van der Waals surface area contributed by atoms with Gasteiger partial charge in [-0.3, -0.25) is 23.7 Å². The zero-order valence-corrected chi connectivity index (χ0v) is 15.5. The first-order valence-electron chi connectivity index (χ1n) is 9.11. The Hall–Kier alpha value is -3.03. The summed E-state index contributed by atoms with van der Waals surface area (Å²) >= 11 is 0. The molecule has 3 aromatic heterocycles. The van der Waals surface area contributed by atoms with Gasteiger partial charge in [-0.1, -0.05) is 0 Å². The zero-order valence-electron chi connectivity index (χ0n) is 15.5. The molecule has 0 radical (unpaired) electrons. The number of anilines is 1. The lowest BCUT2D eigenvalue weighted by atomic mass is 9.97. The van der Waals surface area contributed by atoms with Gasteiger partial charge in [0.15, 0.2) is 0 Å². The first kappa shape index (κ1) is 17.4. The number of hydrogen-bond donors (Lipinski definition) is 0. The Balaban J connectivity index is 1.52. The first-order chi connectivity index (χ1) is 13.0. The van der Waals surface area contributed by atoms with Crippen molar-refractivity contribution < 1.29 is 0 Å². The van der Waals surface area contributed by atoms with Crippen molar-refractivity contribution in [2.75, 3.05) is 18.0 Å². The minimum Gasteiger partial charge on any atom is -0.342 e. The van der Waals surface area contributed by atoms with Gasteiger partial charge in [0.2, 0.25) is 5.95 Å². The molecule has 3 aromatic rings. The van der Waals surface area contributed by atoms with Gasteiger partial charge >= 0.3 is 0 Å². The van der Waals surface area contributed by atoms with Crippen molar-refractivity contribution in [3.8, 4) is 0 Å². The molecular weight excluding hydrogens is 344 g/mol. The molecule has 0 unspecified atom stereocenters. The summed E-state index contributed by atoms with van der Waals surface area (Å²) in [5.74, 6) is 1.08. The third-order valence-electron chi connectivity index (χ3n) is 5.28. The predicted molar refractivity (Wildman–Crippen MR) is 103 cm³/mol. The van der Waals surface area contributed by atoms with E-state index in [1.165, 1.54) is 0 Å². The summed E-state index contributed by atoms with van der Waals surface area (Å²) in [6.07, 6.45) is 8.32. The molecule has 1 aliphatic rings. The normalized spacial score (nSPS) is 15.4. The van der Waals surface area contributed by atoms with Crippen molar-refractivity contribution in [2.45, 2.75) is 26.3 Å².